The summed E-state index contributed by atoms with van der Waals surface area (Å²) in [5, 5.41) is 4.38. The van der Waals surface area contributed by atoms with Crippen LogP contribution >= 0.6 is 11.6 Å². The molecule has 112 valence electrons. The summed E-state index contributed by atoms with van der Waals surface area (Å²) in [6.07, 6.45) is 0. The van der Waals surface area contributed by atoms with Crippen LogP contribution in [0.1, 0.15) is 37.1 Å². The summed E-state index contributed by atoms with van der Waals surface area (Å²) in [6, 6.07) is 17.1. The monoisotopic (exact) mass is 302 g/mol. The largest absolute Gasteiger partial charge is 0.378 e. The fourth-order valence-electron chi connectivity index (χ4n) is 2.34. The summed E-state index contributed by atoms with van der Waals surface area (Å²) >= 11 is 5.95. The summed E-state index contributed by atoms with van der Waals surface area (Å²) < 4.78 is 0. The van der Waals surface area contributed by atoms with E-state index in [0.29, 0.717) is 6.04 Å². The number of benzene rings is 2. The molecule has 3 heteroatoms. The summed E-state index contributed by atoms with van der Waals surface area (Å²) in [5.41, 5.74) is 3.72. The molecule has 0 saturated heterocycles. The molecule has 0 aromatic heterocycles. The molecule has 0 bridgehead atoms. The summed E-state index contributed by atoms with van der Waals surface area (Å²) in [6.45, 7) is 4.38. The van der Waals surface area contributed by atoms with E-state index in [9.17, 15) is 0 Å². The van der Waals surface area contributed by atoms with Crippen molar-refractivity contribution in [1.82, 2.24) is 4.90 Å². The molecule has 0 heterocycles. The fraction of sp³-hybridized carbons (Fsp3) is 0.333. The van der Waals surface area contributed by atoms with Crippen molar-refractivity contribution in [2.24, 2.45) is 0 Å². The maximum Gasteiger partial charge on any atom is 0.0485 e. The van der Waals surface area contributed by atoms with Gasteiger partial charge in [-0.05, 0) is 57.3 Å². The summed E-state index contributed by atoms with van der Waals surface area (Å²) in [5.74, 6) is 0. The molecule has 2 rings (SSSR count). The molecule has 0 aliphatic heterocycles. The van der Waals surface area contributed by atoms with Crippen molar-refractivity contribution < 1.29 is 0 Å². The van der Waals surface area contributed by atoms with E-state index in [1.807, 2.05) is 12.1 Å². The first kappa shape index (κ1) is 15.9. The van der Waals surface area contributed by atoms with Gasteiger partial charge in [-0.1, -0.05) is 41.9 Å². The van der Waals surface area contributed by atoms with Crippen molar-refractivity contribution in [2.75, 3.05) is 19.4 Å². The molecule has 0 unspecified atom stereocenters. The number of nitrogens with zero attached hydrogens (tertiary/aromatic N) is 1. The lowest BCUT2D eigenvalue weighted by atomic mass is 10.0. The lowest BCUT2D eigenvalue weighted by Crippen LogP contribution is -2.19. The van der Waals surface area contributed by atoms with Crippen LogP contribution in [-0.4, -0.2) is 19.0 Å². The highest BCUT2D eigenvalue weighted by Gasteiger charge is 2.14. The molecule has 2 nitrogen and oxygen atoms in total. The van der Waals surface area contributed by atoms with Crippen LogP contribution < -0.4 is 5.32 Å². The first-order valence-corrected chi connectivity index (χ1v) is 7.64. The van der Waals surface area contributed by atoms with Crippen LogP contribution in [-0.2, 0) is 0 Å². The Bertz CT molecular complexity index is 578. The van der Waals surface area contributed by atoms with Gasteiger partial charge in [0.1, 0.15) is 0 Å². The SMILES string of the molecule is C[C@H](Nc1ccccc1[C@@H](C)N(C)C)c1ccc(Cl)cc1. The van der Waals surface area contributed by atoms with Crippen LogP contribution in [0, 0.1) is 0 Å². The van der Waals surface area contributed by atoms with Crippen molar-refractivity contribution in [2.45, 2.75) is 25.9 Å². The Kier molecular flexibility index (Phi) is 5.27. The van der Waals surface area contributed by atoms with Gasteiger partial charge in [0.25, 0.3) is 0 Å². The topological polar surface area (TPSA) is 15.3 Å². The van der Waals surface area contributed by atoms with Gasteiger partial charge in [-0.25, -0.2) is 0 Å². The zero-order valence-corrected chi connectivity index (χ0v) is 13.9. The predicted molar refractivity (Wildman–Crippen MR) is 92.0 cm³/mol. The maximum absolute atomic E-state index is 5.95. The minimum absolute atomic E-state index is 0.234. The number of anilines is 1. The van der Waals surface area contributed by atoms with E-state index in [0.717, 1.165) is 5.02 Å². The number of rotatable bonds is 5. The Labute approximate surface area is 132 Å². The van der Waals surface area contributed by atoms with Gasteiger partial charge >= 0.3 is 0 Å². The highest BCUT2D eigenvalue weighted by molar-refractivity contribution is 6.30. The predicted octanol–water partition coefficient (Wildman–Crippen LogP) is 5.14. The molecule has 2 atom stereocenters. The van der Waals surface area contributed by atoms with Crippen LogP contribution in [0.4, 0.5) is 5.69 Å². The smallest absolute Gasteiger partial charge is 0.0485 e. The minimum Gasteiger partial charge on any atom is -0.378 e. The van der Waals surface area contributed by atoms with Crippen LogP contribution in [0.15, 0.2) is 48.5 Å². The molecular weight excluding hydrogens is 280 g/mol. The van der Waals surface area contributed by atoms with Gasteiger partial charge in [0.15, 0.2) is 0 Å². The Balaban J connectivity index is 2.21. The van der Waals surface area contributed by atoms with E-state index >= 15 is 0 Å². The highest BCUT2D eigenvalue weighted by Crippen LogP contribution is 2.29. The van der Waals surface area contributed by atoms with Gasteiger partial charge in [-0.3, -0.25) is 0 Å². The van der Waals surface area contributed by atoms with Gasteiger partial charge in [0.05, 0.1) is 0 Å². The van der Waals surface area contributed by atoms with E-state index in [4.69, 9.17) is 11.6 Å². The van der Waals surface area contributed by atoms with Crippen molar-refractivity contribution in [3.63, 3.8) is 0 Å². The van der Waals surface area contributed by atoms with Crippen molar-refractivity contribution in [1.29, 1.82) is 0 Å². The molecule has 0 spiro atoms. The zero-order valence-electron chi connectivity index (χ0n) is 13.1. The molecule has 0 aliphatic carbocycles. The molecule has 2 aromatic carbocycles. The molecule has 21 heavy (non-hydrogen) atoms. The van der Waals surface area contributed by atoms with Crippen LogP contribution in [0.2, 0.25) is 5.02 Å². The van der Waals surface area contributed by atoms with Crippen molar-refractivity contribution in [3.05, 3.63) is 64.7 Å². The second-order valence-electron chi connectivity index (χ2n) is 5.64. The van der Waals surface area contributed by atoms with Gasteiger partial charge in [0.2, 0.25) is 0 Å². The molecule has 0 saturated carbocycles. The molecule has 0 fully saturated rings. The van der Waals surface area contributed by atoms with E-state index < -0.39 is 0 Å². The van der Waals surface area contributed by atoms with Gasteiger partial charge < -0.3 is 10.2 Å². The number of halogens is 1. The van der Waals surface area contributed by atoms with Crippen LogP contribution in [0.25, 0.3) is 0 Å². The minimum atomic E-state index is 0.234. The molecular formula is C18H23ClN2. The Morgan fingerprint density at radius 1 is 0.952 bits per heavy atom. The number of para-hydroxylation sites is 1. The molecule has 2 aromatic rings. The van der Waals surface area contributed by atoms with Gasteiger partial charge in [-0.15, -0.1) is 0 Å². The first-order chi connectivity index (χ1) is 9.99. The fourth-order valence-corrected chi connectivity index (χ4v) is 2.46. The highest BCUT2D eigenvalue weighted by atomic mass is 35.5. The lowest BCUT2D eigenvalue weighted by molar-refractivity contribution is 0.321. The zero-order chi connectivity index (χ0) is 15.4. The summed E-state index contributed by atoms with van der Waals surface area (Å²) in [7, 11) is 4.20. The third-order valence-corrected chi connectivity index (χ3v) is 4.18. The number of hydrogen-bond donors (Lipinski definition) is 1. The van der Waals surface area contributed by atoms with Gasteiger partial charge in [-0.2, -0.15) is 0 Å². The summed E-state index contributed by atoms with van der Waals surface area (Å²) in [4.78, 5) is 2.22. The Hall–Kier alpha value is -1.51. The van der Waals surface area contributed by atoms with Crippen molar-refractivity contribution >= 4 is 17.3 Å². The maximum atomic E-state index is 5.95. The Morgan fingerprint density at radius 2 is 1.57 bits per heavy atom. The second-order valence-corrected chi connectivity index (χ2v) is 6.08. The third-order valence-electron chi connectivity index (χ3n) is 3.93. The second kappa shape index (κ2) is 6.97. The average Bonchev–Trinajstić information content (AvgIpc) is 2.47. The van der Waals surface area contributed by atoms with Gasteiger partial charge in [0, 0.05) is 22.8 Å². The van der Waals surface area contributed by atoms with E-state index in [-0.39, 0.29) is 6.04 Å². The van der Waals surface area contributed by atoms with Crippen LogP contribution in [0.3, 0.4) is 0 Å². The lowest BCUT2D eigenvalue weighted by Gasteiger charge is -2.25. The number of hydrogen-bond acceptors (Lipinski definition) is 2. The quantitative estimate of drug-likeness (QED) is 0.823. The molecule has 0 radical (unpaired) electrons. The number of nitrogens with one attached hydrogen (secondary N) is 1. The normalized spacial score (nSPS) is 14.0. The van der Waals surface area contributed by atoms with Crippen LogP contribution in [0.5, 0.6) is 0 Å². The standard InChI is InChI=1S/C18H23ClN2/c1-13(15-9-11-16(19)12-10-15)20-18-8-6-5-7-17(18)14(2)21(3)4/h5-14,20H,1-4H3/t13-,14+/m0/s1. The molecule has 0 aliphatic rings. The Morgan fingerprint density at radius 3 is 2.19 bits per heavy atom. The van der Waals surface area contributed by atoms with E-state index in [2.05, 4.69) is 74.6 Å². The average molecular weight is 303 g/mol. The van der Waals surface area contributed by atoms with E-state index in [1.165, 1.54) is 16.8 Å². The molecule has 1 N–H and O–H groups in total. The first-order valence-electron chi connectivity index (χ1n) is 7.26. The third kappa shape index (κ3) is 3.99. The molecule has 0 amide bonds. The van der Waals surface area contributed by atoms with E-state index in [1.54, 1.807) is 0 Å². The van der Waals surface area contributed by atoms with Crippen molar-refractivity contribution in [3.8, 4) is 0 Å².